The number of ketones is 1. The van der Waals surface area contributed by atoms with E-state index >= 15 is 0 Å². The Morgan fingerprint density at radius 1 is 1.44 bits per heavy atom. The van der Waals surface area contributed by atoms with Crippen LogP contribution in [0.2, 0.25) is 5.02 Å². The highest BCUT2D eigenvalue weighted by Gasteiger charge is 2.18. The number of ether oxygens (including phenoxy) is 1. The highest BCUT2D eigenvalue weighted by atomic mass is 35.5. The van der Waals surface area contributed by atoms with Gasteiger partial charge >= 0.3 is 0 Å². The first kappa shape index (κ1) is 11.0. The molecule has 0 saturated heterocycles. The van der Waals surface area contributed by atoms with Gasteiger partial charge in [-0.2, -0.15) is 0 Å². The van der Waals surface area contributed by atoms with Crippen LogP contribution in [0.4, 0.5) is 0 Å². The Morgan fingerprint density at radius 2 is 2.12 bits per heavy atom. The number of hydrogen-bond donors (Lipinski definition) is 0. The first-order valence-corrected chi connectivity index (χ1v) is 5.27. The molecule has 0 saturated carbocycles. The Morgan fingerprint density at radius 3 is 2.69 bits per heavy atom. The summed E-state index contributed by atoms with van der Waals surface area (Å²) in [7, 11) is 3.41. The van der Waals surface area contributed by atoms with E-state index in [1.807, 2.05) is 25.2 Å². The molecule has 0 unspecified atom stereocenters. The fraction of sp³-hybridized carbons (Fsp3) is 0.250. The van der Waals surface area contributed by atoms with E-state index in [1.165, 1.54) is 6.92 Å². The number of carbonyl (C=O) groups excluding carboxylic acids is 1. The number of rotatable bonds is 2. The summed E-state index contributed by atoms with van der Waals surface area (Å²) in [6.45, 7) is 1.51. The van der Waals surface area contributed by atoms with E-state index in [9.17, 15) is 4.79 Å². The maximum atomic E-state index is 11.5. The second-order valence-electron chi connectivity index (χ2n) is 3.63. The number of fused-ring (bicyclic) bond motifs is 1. The van der Waals surface area contributed by atoms with Crippen LogP contribution in [0.3, 0.4) is 0 Å². The molecule has 0 aliphatic carbocycles. The molecule has 0 radical (unpaired) electrons. The number of para-hydroxylation sites is 1. The first-order valence-electron chi connectivity index (χ1n) is 4.89. The van der Waals surface area contributed by atoms with E-state index in [1.54, 1.807) is 11.7 Å². The van der Waals surface area contributed by atoms with Gasteiger partial charge in [0.25, 0.3) is 0 Å². The number of aromatic nitrogens is 1. The number of nitrogens with zero attached hydrogens (tertiary/aromatic N) is 1. The minimum Gasteiger partial charge on any atom is -0.495 e. The predicted octanol–water partition coefficient (Wildman–Crippen LogP) is 3.04. The minimum atomic E-state index is -0.0502. The molecular weight excluding hydrogens is 226 g/mol. The third-order valence-electron chi connectivity index (χ3n) is 2.67. The van der Waals surface area contributed by atoms with Crippen molar-refractivity contribution in [3.05, 3.63) is 28.9 Å². The zero-order valence-electron chi connectivity index (χ0n) is 9.37. The van der Waals surface area contributed by atoms with Crippen molar-refractivity contribution in [2.75, 3.05) is 7.11 Å². The van der Waals surface area contributed by atoms with E-state index in [4.69, 9.17) is 16.3 Å². The van der Waals surface area contributed by atoms with Crippen molar-refractivity contribution in [2.45, 2.75) is 6.92 Å². The van der Waals surface area contributed by atoms with Gasteiger partial charge in [-0.15, -0.1) is 0 Å². The van der Waals surface area contributed by atoms with Gasteiger partial charge in [0, 0.05) is 19.4 Å². The van der Waals surface area contributed by atoms with E-state index in [-0.39, 0.29) is 5.78 Å². The monoisotopic (exact) mass is 237 g/mol. The molecule has 3 nitrogen and oxygen atoms in total. The lowest BCUT2D eigenvalue weighted by atomic mass is 10.2. The van der Waals surface area contributed by atoms with Crippen molar-refractivity contribution < 1.29 is 9.53 Å². The van der Waals surface area contributed by atoms with Crippen LogP contribution < -0.4 is 4.74 Å². The first-order chi connectivity index (χ1) is 7.57. The molecule has 2 rings (SSSR count). The summed E-state index contributed by atoms with van der Waals surface area (Å²) in [5.74, 6) is 0.667. The van der Waals surface area contributed by atoms with E-state index in [0.29, 0.717) is 10.7 Å². The third-order valence-corrected chi connectivity index (χ3v) is 3.05. The molecule has 0 atom stereocenters. The molecule has 16 heavy (non-hydrogen) atoms. The van der Waals surface area contributed by atoms with Crippen LogP contribution in [0.25, 0.3) is 10.9 Å². The van der Waals surface area contributed by atoms with Crippen molar-refractivity contribution in [3.63, 3.8) is 0 Å². The number of Topliss-reactive ketones (excluding diaryl/α,β-unsaturated/α-hetero) is 1. The van der Waals surface area contributed by atoms with Gasteiger partial charge in [0.2, 0.25) is 0 Å². The van der Waals surface area contributed by atoms with Gasteiger partial charge in [0.15, 0.2) is 5.78 Å². The molecule has 0 amide bonds. The molecule has 0 N–H and O–H groups in total. The topological polar surface area (TPSA) is 31.2 Å². The van der Waals surface area contributed by atoms with Crippen LogP contribution in [0.1, 0.15) is 17.4 Å². The molecule has 1 aromatic heterocycles. The normalized spacial score (nSPS) is 10.8. The average Bonchev–Trinajstić information content (AvgIpc) is 2.51. The lowest BCUT2D eigenvalue weighted by Gasteiger charge is -2.05. The van der Waals surface area contributed by atoms with Crippen LogP contribution in [0.5, 0.6) is 5.75 Å². The Hall–Kier alpha value is -1.48. The maximum Gasteiger partial charge on any atom is 0.177 e. The summed E-state index contributed by atoms with van der Waals surface area (Å²) in [5, 5.41) is 1.33. The summed E-state index contributed by atoms with van der Waals surface area (Å²) in [6.07, 6.45) is 0. The van der Waals surface area contributed by atoms with Crippen molar-refractivity contribution in [2.24, 2.45) is 7.05 Å². The molecule has 84 valence electrons. The molecule has 0 aliphatic heterocycles. The van der Waals surface area contributed by atoms with Gasteiger partial charge in [-0.25, -0.2) is 0 Å². The molecule has 1 heterocycles. The Labute approximate surface area is 98.6 Å². The molecule has 0 fully saturated rings. The fourth-order valence-corrected chi connectivity index (χ4v) is 2.40. The fourth-order valence-electron chi connectivity index (χ4n) is 1.99. The van der Waals surface area contributed by atoms with Crippen LogP contribution >= 0.6 is 11.6 Å². The van der Waals surface area contributed by atoms with Crippen molar-refractivity contribution in [3.8, 4) is 5.75 Å². The quantitative estimate of drug-likeness (QED) is 0.752. The van der Waals surface area contributed by atoms with Crippen molar-refractivity contribution >= 4 is 28.3 Å². The average molecular weight is 238 g/mol. The predicted molar refractivity (Wildman–Crippen MR) is 64.5 cm³/mol. The summed E-state index contributed by atoms with van der Waals surface area (Å²) in [5.41, 5.74) is 1.36. The van der Waals surface area contributed by atoms with Gasteiger partial charge in [-0.05, 0) is 6.07 Å². The number of aryl methyl sites for hydroxylation is 1. The van der Waals surface area contributed by atoms with Crippen LogP contribution in [0, 0.1) is 0 Å². The standard InChI is InChI=1S/C12H12ClNO2/c1-7(15)11-10(13)8-5-4-6-9(16-3)12(8)14(11)2/h4-6H,1-3H3. The smallest absolute Gasteiger partial charge is 0.177 e. The van der Waals surface area contributed by atoms with E-state index < -0.39 is 0 Å². The summed E-state index contributed by atoms with van der Waals surface area (Å²) < 4.78 is 7.04. The van der Waals surface area contributed by atoms with E-state index in [0.717, 1.165) is 16.7 Å². The molecular formula is C12H12ClNO2. The number of carbonyl (C=O) groups is 1. The highest BCUT2D eigenvalue weighted by molar-refractivity contribution is 6.39. The maximum absolute atomic E-state index is 11.5. The molecule has 0 aliphatic rings. The second kappa shape index (κ2) is 3.83. The SMILES string of the molecule is COc1cccc2c(Cl)c(C(C)=O)n(C)c12. The molecule has 2 aromatic rings. The van der Waals surface area contributed by atoms with Gasteiger partial charge in [0.05, 0.1) is 17.6 Å². The van der Waals surface area contributed by atoms with Gasteiger partial charge in [-0.1, -0.05) is 23.7 Å². The zero-order valence-corrected chi connectivity index (χ0v) is 10.1. The molecule has 1 aromatic carbocycles. The second-order valence-corrected chi connectivity index (χ2v) is 4.01. The summed E-state index contributed by atoms with van der Waals surface area (Å²) >= 11 is 6.19. The Bertz CT molecular complexity index is 572. The van der Waals surface area contributed by atoms with E-state index in [2.05, 4.69) is 0 Å². The minimum absolute atomic E-state index is 0.0502. The number of benzene rings is 1. The van der Waals surface area contributed by atoms with Crippen LogP contribution in [0.15, 0.2) is 18.2 Å². The number of hydrogen-bond acceptors (Lipinski definition) is 2. The van der Waals surface area contributed by atoms with Crippen LogP contribution in [-0.4, -0.2) is 17.5 Å². The van der Waals surface area contributed by atoms with Crippen molar-refractivity contribution in [1.82, 2.24) is 4.57 Å². The molecule has 0 bridgehead atoms. The number of halogens is 1. The van der Waals surface area contributed by atoms with Crippen molar-refractivity contribution in [1.29, 1.82) is 0 Å². The summed E-state index contributed by atoms with van der Waals surface area (Å²) in [6, 6.07) is 5.59. The Balaban J connectivity index is 2.93. The van der Waals surface area contributed by atoms with Gasteiger partial charge in [-0.3, -0.25) is 4.79 Å². The zero-order chi connectivity index (χ0) is 11.9. The lowest BCUT2D eigenvalue weighted by Crippen LogP contribution is -2.02. The largest absolute Gasteiger partial charge is 0.495 e. The van der Waals surface area contributed by atoms with Gasteiger partial charge in [0.1, 0.15) is 11.4 Å². The van der Waals surface area contributed by atoms with Gasteiger partial charge < -0.3 is 9.30 Å². The highest BCUT2D eigenvalue weighted by Crippen LogP contribution is 2.35. The van der Waals surface area contributed by atoms with Crippen LogP contribution in [-0.2, 0) is 7.05 Å². The number of methoxy groups -OCH3 is 1. The third kappa shape index (κ3) is 1.39. The molecule has 0 spiro atoms. The molecule has 4 heteroatoms. The lowest BCUT2D eigenvalue weighted by molar-refractivity contribution is 0.101. The Kier molecular flexibility index (Phi) is 2.64. The summed E-state index contributed by atoms with van der Waals surface area (Å²) in [4.78, 5) is 11.5.